The lowest BCUT2D eigenvalue weighted by atomic mass is 9.57. The Morgan fingerprint density at radius 1 is 0.600 bits per heavy atom. The summed E-state index contributed by atoms with van der Waals surface area (Å²) in [6.45, 7) is 14.8. The van der Waals surface area contributed by atoms with Gasteiger partial charge in [0.2, 0.25) is 0 Å². The molecule has 70 heavy (non-hydrogen) atoms. The zero-order valence-electron chi connectivity index (χ0n) is 43.5. The van der Waals surface area contributed by atoms with Crippen LogP contribution in [0.1, 0.15) is 205 Å². The minimum atomic E-state index is -1.75. The van der Waals surface area contributed by atoms with Crippen LogP contribution in [0.4, 0.5) is 11.4 Å². The lowest BCUT2D eigenvalue weighted by molar-refractivity contribution is -0.182. The van der Waals surface area contributed by atoms with Crippen molar-refractivity contribution in [3.63, 3.8) is 0 Å². The normalized spacial score (nSPS) is 18.3. The third-order valence-corrected chi connectivity index (χ3v) is 13.9. The quantitative estimate of drug-likeness (QED) is 0.0134. The number of hydrogen-bond donors (Lipinski definition) is 6. The molecule has 4 atom stereocenters. The lowest BCUT2D eigenvalue weighted by Crippen LogP contribution is -2.64. The van der Waals surface area contributed by atoms with Gasteiger partial charge in [0.15, 0.2) is 0 Å². The Hall–Kier alpha value is -3.68. The van der Waals surface area contributed by atoms with Gasteiger partial charge in [0.1, 0.15) is 17.8 Å². The molecule has 1 aliphatic carbocycles. The van der Waals surface area contributed by atoms with E-state index in [1.807, 2.05) is 0 Å². The summed E-state index contributed by atoms with van der Waals surface area (Å²) in [5, 5.41) is 53.0. The number of benzene rings is 2. The highest BCUT2D eigenvalue weighted by Crippen LogP contribution is 2.49. The maximum absolute atomic E-state index is 14.3. The Balaban J connectivity index is 1.73. The van der Waals surface area contributed by atoms with E-state index in [-0.39, 0.29) is 51.3 Å². The van der Waals surface area contributed by atoms with Crippen LogP contribution in [-0.4, -0.2) is 75.7 Å². The van der Waals surface area contributed by atoms with E-state index >= 15 is 0 Å². The summed E-state index contributed by atoms with van der Waals surface area (Å²) in [7, 11) is 0. The third kappa shape index (κ3) is 19.1. The molecule has 14 heteroatoms. The number of rotatable bonds is 32. The summed E-state index contributed by atoms with van der Waals surface area (Å²) in [6, 6.07) is 8.65. The minimum Gasteiger partial charge on any atom is -0.511 e. The molecule has 0 bridgehead atoms. The van der Waals surface area contributed by atoms with Gasteiger partial charge in [-0.3, -0.25) is 9.59 Å². The monoisotopic (exact) mass is 1020 g/mol. The molecule has 0 radical (unpaired) electrons. The van der Waals surface area contributed by atoms with Crippen LogP contribution in [0.3, 0.4) is 0 Å². The smallest absolute Gasteiger partial charge is 0.338 e. The van der Waals surface area contributed by atoms with Crippen LogP contribution in [0, 0.1) is 28.6 Å². The van der Waals surface area contributed by atoms with E-state index in [0.717, 1.165) is 51.4 Å². The van der Waals surface area contributed by atoms with E-state index in [0.29, 0.717) is 0 Å². The fourth-order valence-electron chi connectivity index (χ4n) is 8.98. The SMILES string of the molecule is CCCCCCCCCCCCOC(=O)c1ccc(Cl)c(NC(=O)C(=C(O)C(C)(C)C)C2C(O)C(C(C(=O)C(C)(C)C)C(O)Nc3cc(C(=O)OCCCCCCCCCCCC)ccc3Cl)C2O)c1. The summed E-state index contributed by atoms with van der Waals surface area (Å²) in [5.74, 6) is -7.26. The van der Waals surface area contributed by atoms with E-state index in [4.69, 9.17) is 32.7 Å². The number of carbonyl (C=O) groups excluding carboxylic acids is 4. The summed E-state index contributed by atoms with van der Waals surface area (Å²) in [4.78, 5) is 54.6. The van der Waals surface area contributed by atoms with Crippen molar-refractivity contribution in [1.29, 1.82) is 0 Å². The zero-order valence-corrected chi connectivity index (χ0v) is 45.0. The Bertz CT molecular complexity index is 1980. The average Bonchev–Trinajstić information content (AvgIpc) is 3.30. The van der Waals surface area contributed by atoms with Crippen molar-refractivity contribution in [1.82, 2.24) is 0 Å². The predicted molar refractivity (Wildman–Crippen MR) is 281 cm³/mol. The van der Waals surface area contributed by atoms with Crippen LogP contribution < -0.4 is 10.6 Å². The van der Waals surface area contributed by atoms with E-state index in [2.05, 4.69) is 24.5 Å². The Kier molecular flexibility index (Phi) is 26.3. The molecule has 0 heterocycles. The number of esters is 2. The number of amides is 1. The molecular weight excluding hydrogens is 932 g/mol. The van der Waals surface area contributed by atoms with Gasteiger partial charge in [0.25, 0.3) is 5.91 Å². The number of aliphatic hydroxyl groups is 4. The molecule has 394 valence electrons. The van der Waals surface area contributed by atoms with Gasteiger partial charge in [0.05, 0.1) is 69.5 Å². The molecule has 0 spiro atoms. The molecule has 1 amide bonds. The fourth-order valence-corrected chi connectivity index (χ4v) is 9.32. The van der Waals surface area contributed by atoms with Crippen molar-refractivity contribution in [2.24, 2.45) is 28.6 Å². The molecule has 4 unspecified atom stereocenters. The minimum absolute atomic E-state index is 0.0290. The summed E-state index contributed by atoms with van der Waals surface area (Å²) in [5.41, 5.74) is -2.05. The highest BCUT2D eigenvalue weighted by Gasteiger charge is 2.60. The molecule has 0 aromatic heterocycles. The first-order chi connectivity index (χ1) is 33.1. The Labute approximate surface area is 429 Å². The molecule has 12 nitrogen and oxygen atoms in total. The topological polar surface area (TPSA) is 192 Å². The highest BCUT2D eigenvalue weighted by molar-refractivity contribution is 6.34. The number of anilines is 2. The zero-order chi connectivity index (χ0) is 52.0. The first-order valence-electron chi connectivity index (χ1n) is 26.2. The third-order valence-electron chi connectivity index (χ3n) is 13.3. The number of ether oxygens (including phenoxy) is 2. The van der Waals surface area contributed by atoms with Crippen LogP contribution in [0.15, 0.2) is 47.7 Å². The van der Waals surface area contributed by atoms with E-state index in [1.54, 1.807) is 41.5 Å². The Morgan fingerprint density at radius 3 is 1.39 bits per heavy atom. The van der Waals surface area contributed by atoms with Crippen molar-refractivity contribution in [2.75, 3.05) is 23.8 Å². The van der Waals surface area contributed by atoms with Gasteiger partial charge >= 0.3 is 11.9 Å². The van der Waals surface area contributed by atoms with Gasteiger partial charge in [-0.2, -0.15) is 0 Å². The number of hydrogen-bond acceptors (Lipinski definition) is 11. The molecule has 6 N–H and O–H groups in total. The number of unbranched alkanes of at least 4 members (excludes halogenated alkanes) is 18. The second-order valence-corrected chi connectivity index (χ2v) is 22.1. The standard InChI is InChI=1S/C56H86Cl2N2O10/c1-9-11-13-15-17-19-21-23-25-27-33-69-53(67)37-29-31-39(57)41(35-37)59-51(65)45(49(63)55(3,4)5)43-47(61)44(48(43)62)46(50(64)56(6,7)8)52(66)60-42-36-38(30-32-40(42)58)54(68)70-34-28-26-24-22-20-18-16-14-12-10-2/h29-32,35-36,43-45,47-48,51,59,61-62,64-65H,9-28,33-34H2,1-8H3,(H,60,66). The van der Waals surface area contributed by atoms with Crippen molar-refractivity contribution >= 4 is 58.2 Å². The molecule has 2 aromatic carbocycles. The number of halogens is 2. The number of carbonyl (C=O) groups is 4. The summed E-state index contributed by atoms with van der Waals surface area (Å²) < 4.78 is 11.1. The van der Waals surface area contributed by atoms with Gasteiger partial charge < -0.3 is 40.5 Å². The maximum Gasteiger partial charge on any atom is 0.338 e. The summed E-state index contributed by atoms with van der Waals surface area (Å²) in [6.07, 6.45) is 17.8. The van der Waals surface area contributed by atoms with Crippen LogP contribution in [-0.2, 0) is 19.1 Å². The number of aliphatic hydroxyl groups excluding tert-OH is 4. The predicted octanol–water partition coefficient (Wildman–Crippen LogP) is 13.6. The van der Waals surface area contributed by atoms with Crippen molar-refractivity contribution < 1.29 is 49.1 Å². The van der Waals surface area contributed by atoms with Crippen LogP contribution in [0.2, 0.25) is 10.0 Å². The van der Waals surface area contributed by atoms with Crippen LogP contribution in [0.25, 0.3) is 0 Å². The molecule has 0 aliphatic heterocycles. The van der Waals surface area contributed by atoms with Crippen LogP contribution >= 0.6 is 23.2 Å². The van der Waals surface area contributed by atoms with Gasteiger partial charge in [-0.15, -0.1) is 0 Å². The van der Waals surface area contributed by atoms with Gasteiger partial charge in [-0.05, 0) is 49.2 Å². The molecule has 1 fully saturated rings. The number of ketones is 1. The van der Waals surface area contributed by atoms with Crippen molar-refractivity contribution in [3.8, 4) is 0 Å². The second kappa shape index (κ2) is 30.4. The second-order valence-electron chi connectivity index (χ2n) is 21.3. The molecule has 2 aromatic rings. The molecular formula is C56H86Cl2N2O10. The average molecular weight is 1020 g/mol. The largest absolute Gasteiger partial charge is 0.511 e. The number of Topliss-reactive ketones (excluding diaryl/α,β-unsaturated/α-hetero) is 1. The highest BCUT2D eigenvalue weighted by atomic mass is 35.5. The van der Waals surface area contributed by atoms with Crippen molar-refractivity contribution in [2.45, 2.75) is 202 Å². The molecule has 3 rings (SSSR count). The van der Waals surface area contributed by atoms with Crippen molar-refractivity contribution in [3.05, 3.63) is 68.9 Å². The number of allylic oxidation sites excluding steroid dienone is 1. The van der Waals surface area contributed by atoms with Gasteiger partial charge in [-0.1, -0.05) is 194 Å². The fraction of sp³-hybridized carbons (Fsp3) is 0.679. The van der Waals surface area contributed by atoms with Gasteiger partial charge in [0, 0.05) is 22.7 Å². The summed E-state index contributed by atoms with van der Waals surface area (Å²) >= 11 is 13.1. The first kappa shape index (κ1) is 60.6. The lowest BCUT2D eigenvalue weighted by Gasteiger charge is -2.52. The van der Waals surface area contributed by atoms with E-state index in [1.165, 1.54) is 113 Å². The first-order valence-corrected chi connectivity index (χ1v) is 26.9. The van der Waals surface area contributed by atoms with Crippen LogP contribution in [0.5, 0.6) is 0 Å². The maximum atomic E-state index is 14.3. The Morgan fingerprint density at radius 2 is 0.986 bits per heavy atom. The molecule has 1 saturated carbocycles. The van der Waals surface area contributed by atoms with Gasteiger partial charge in [-0.25, -0.2) is 9.59 Å². The van der Waals surface area contributed by atoms with E-state index in [9.17, 15) is 39.6 Å². The molecule has 1 aliphatic rings. The number of nitrogens with one attached hydrogen (secondary N) is 2. The molecule has 0 saturated heterocycles. The van der Waals surface area contributed by atoms with E-state index < -0.39 is 76.4 Å².